The Morgan fingerprint density at radius 2 is 1.62 bits per heavy atom. The van der Waals surface area contributed by atoms with Crippen molar-refractivity contribution in [3.05, 3.63) is 24.3 Å². The van der Waals surface area contributed by atoms with Gasteiger partial charge in [-0.2, -0.15) is 4.31 Å². The minimum atomic E-state index is -3.66. The van der Waals surface area contributed by atoms with E-state index in [0.29, 0.717) is 18.5 Å². The standard InChI is InChI=1S/C22H32N4O5S/c1-16(27)24-19-6-8-20(9-7-19)32(30,31)26-14-11-17(12-15-26)22(29)23-13-10-21(28)25-18-4-2-3-5-18/h6-9,17-18H,2-5,10-15H2,1H3,(H,23,29)(H,24,27)(H,25,28). The van der Waals surface area contributed by atoms with Gasteiger partial charge >= 0.3 is 0 Å². The number of nitrogens with one attached hydrogen (secondary N) is 3. The van der Waals surface area contributed by atoms with Crippen molar-refractivity contribution in [3.8, 4) is 0 Å². The lowest BCUT2D eigenvalue weighted by atomic mass is 9.97. The number of piperidine rings is 1. The molecule has 3 amide bonds. The summed E-state index contributed by atoms with van der Waals surface area (Å²) in [4.78, 5) is 35.7. The summed E-state index contributed by atoms with van der Waals surface area (Å²) in [5.74, 6) is -0.658. The number of carbonyl (C=O) groups excluding carboxylic acids is 3. The van der Waals surface area contributed by atoms with Gasteiger partial charge in [0.2, 0.25) is 27.7 Å². The maximum atomic E-state index is 12.9. The van der Waals surface area contributed by atoms with Gasteiger partial charge in [0.05, 0.1) is 4.90 Å². The third-order valence-corrected chi connectivity index (χ3v) is 7.92. The first-order valence-corrected chi connectivity index (χ1v) is 12.6. The van der Waals surface area contributed by atoms with Crippen LogP contribution >= 0.6 is 0 Å². The first kappa shape index (κ1) is 24.2. The molecular formula is C22H32N4O5S. The Bertz CT molecular complexity index is 918. The highest BCUT2D eigenvalue weighted by molar-refractivity contribution is 7.89. The van der Waals surface area contributed by atoms with E-state index >= 15 is 0 Å². The van der Waals surface area contributed by atoms with Crippen molar-refractivity contribution >= 4 is 33.4 Å². The Morgan fingerprint density at radius 1 is 1.00 bits per heavy atom. The van der Waals surface area contributed by atoms with Crippen LogP contribution in [0.4, 0.5) is 5.69 Å². The number of anilines is 1. The normalized spacial score (nSPS) is 18.3. The fourth-order valence-corrected chi connectivity index (χ4v) is 5.70. The Balaban J connectivity index is 1.42. The number of hydrogen-bond donors (Lipinski definition) is 3. The van der Waals surface area contributed by atoms with Crippen LogP contribution in [0.2, 0.25) is 0 Å². The summed E-state index contributed by atoms with van der Waals surface area (Å²) >= 11 is 0. The van der Waals surface area contributed by atoms with Crippen molar-refractivity contribution in [2.75, 3.05) is 25.0 Å². The fraction of sp³-hybridized carbons (Fsp3) is 0.591. The molecule has 176 valence electrons. The van der Waals surface area contributed by atoms with Crippen molar-refractivity contribution in [2.24, 2.45) is 5.92 Å². The first-order valence-electron chi connectivity index (χ1n) is 11.2. The highest BCUT2D eigenvalue weighted by Gasteiger charge is 2.32. The molecule has 1 saturated carbocycles. The highest BCUT2D eigenvalue weighted by atomic mass is 32.2. The van der Waals surface area contributed by atoms with Crippen molar-refractivity contribution in [2.45, 2.75) is 62.8 Å². The van der Waals surface area contributed by atoms with E-state index in [1.807, 2.05) is 0 Å². The van der Waals surface area contributed by atoms with E-state index in [0.717, 1.165) is 25.7 Å². The van der Waals surface area contributed by atoms with E-state index in [1.54, 1.807) is 12.1 Å². The van der Waals surface area contributed by atoms with Crippen LogP contribution in [0.1, 0.15) is 51.9 Å². The first-order chi connectivity index (χ1) is 15.3. The maximum Gasteiger partial charge on any atom is 0.243 e. The van der Waals surface area contributed by atoms with Crippen LogP contribution in [-0.4, -0.2) is 56.1 Å². The molecule has 0 unspecified atom stereocenters. The van der Waals surface area contributed by atoms with Crippen molar-refractivity contribution in [1.82, 2.24) is 14.9 Å². The molecule has 3 N–H and O–H groups in total. The molecule has 0 radical (unpaired) electrons. The summed E-state index contributed by atoms with van der Waals surface area (Å²) in [6.45, 7) is 2.19. The third kappa shape index (κ3) is 6.52. The molecule has 2 fully saturated rings. The van der Waals surface area contributed by atoms with Crippen LogP contribution in [0.15, 0.2) is 29.2 Å². The number of benzene rings is 1. The van der Waals surface area contributed by atoms with Crippen LogP contribution in [0.3, 0.4) is 0 Å². The topological polar surface area (TPSA) is 125 Å². The van der Waals surface area contributed by atoms with E-state index < -0.39 is 10.0 Å². The average Bonchev–Trinajstić information content (AvgIpc) is 3.26. The number of nitrogens with zero attached hydrogens (tertiary/aromatic N) is 1. The Labute approximate surface area is 189 Å². The molecule has 2 aliphatic rings. The van der Waals surface area contributed by atoms with Crippen molar-refractivity contribution in [1.29, 1.82) is 0 Å². The summed E-state index contributed by atoms with van der Waals surface area (Å²) < 4.78 is 27.1. The molecule has 1 aromatic rings. The van der Waals surface area contributed by atoms with Gasteiger partial charge in [-0.25, -0.2) is 8.42 Å². The van der Waals surface area contributed by atoms with Crippen LogP contribution in [0, 0.1) is 5.92 Å². The zero-order valence-electron chi connectivity index (χ0n) is 18.4. The van der Waals surface area contributed by atoms with Gasteiger partial charge in [-0.05, 0) is 49.9 Å². The second-order valence-electron chi connectivity index (χ2n) is 8.47. The quantitative estimate of drug-likeness (QED) is 0.539. The summed E-state index contributed by atoms with van der Waals surface area (Å²) in [5, 5.41) is 8.42. The largest absolute Gasteiger partial charge is 0.355 e. The Morgan fingerprint density at radius 3 is 2.22 bits per heavy atom. The number of amides is 3. The van der Waals surface area contributed by atoms with E-state index in [2.05, 4.69) is 16.0 Å². The predicted octanol–water partition coefficient (Wildman–Crippen LogP) is 1.61. The molecule has 1 saturated heterocycles. The lowest BCUT2D eigenvalue weighted by molar-refractivity contribution is -0.126. The second kappa shape index (κ2) is 10.9. The lowest BCUT2D eigenvalue weighted by Gasteiger charge is -2.30. The van der Waals surface area contributed by atoms with Crippen molar-refractivity contribution < 1.29 is 22.8 Å². The smallest absolute Gasteiger partial charge is 0.243 e. The second-order valence-corrected chi connectivity index (χ2v) is 10.4. The predicted molar refractivity (Wildman–Crippen MR) is 120 cm³/mol. The summed E-state index contributed by atoms with van der Waals surface area (Å²) in [7, 11) is -3.66. The molecule has 0 aromatic heterocycles. The molecule has 1 aliphatic carbocycles. The van der Waals surface area contributed by atoms with Gasteiger partial charge in [0.15, 0.2) is 0 Å². The monoisotopic (exact) mass is 464 g/mol. The average molecular weight is 465 g/mol. The number of rotatable bonds is 8. The van der Waals surface area contributed by atoms with Crippen LogP contribution in [0.5, 0.6) is 0 Å². The van der Waals surface area contributed by atoms with E-state index in [-0.39, 0.29) is 60.6 Å². The molecule has 9 nitrogen and oxygen atoms in total. The molecule has 0 spiro atoms. The number of hydrogen-bond acceptors (Lipinski definition) is 5. The molecule has 1 aliphatic heterocycles. The Kier molecular flexibility index (Phi) is 8.25. The molecule has 0 atom stereocenters. The van der Waals surface area contributed by atoms with Gasteiger partial charge in [-0.15, -0.1) is 0 Å². The zero-order chi connectivity index (χ0) is 23.1. The molecular weight excluding hydrogens is 432 g/mol. The minimum Gasteiger partial charge on any atom is -0.355 e. The molecule has 1 aromatic carbocycles. The van der Waals surface area contributed by atoms with E-state index in [1.165, 1.54) is 23.4 Å². The minimum absolute atomic E-state index is 0.0392. The highest BCUT2D eigenvalue weighted by Crippen LogP contribution is 2.25. The van der Waals surface area contributed by atoms with E-state index in [4.69, 9.17) is 0 Å². The van der Waals surface area contributed by atoms with E-state index in [9.17, 15) is 22.8 Å². The van der Waals surface area contributed by atoms with Gasteiger partial charge < -0.3 is 16.0 Å². The number of sulfonamides is 1. The summed E-state index contributed by atoms with van der Waals surface area (Å²) in [6, 6.07) is 6.31. The Hall–Kier alpha value is -2.46. The van der Waals surface area contributed by atoms with Gasteiger partial charge in [-0.1, -0.05) is 12.8 Å². The maximum absolute atomic E-state index is 12.9. The zero-order valence-corrected chi connectivity index (χ0v) is 19.2. The SMILES string of the molecule is CC(=O)Nc1ccc(S(=O)(=O)N2CCC(C(=O)NCCC(=O)NC3CCCC3)CC2)cc1. The van der Waals surface area contributed by atoms with Gasteiger partial charge in [-0.3, -0.25) is 14.4 Å². The number of carbonyl (C=O) groups is 3. The fourth-order valence-electron chi connectivity index (χ4n) is 4.23. The molecule has 3 rings (SSSR count). The third-order valence-electron chi connectivity index (χ3n) is 6.01. The summed E-state index contributed by atoms with van der Waals surface area (Å²) in [5.41, 5.74) is 0.531. The van der Waals surface area contributed by atoms with Crippen LogP contribution in [-0.2, 0) is 24.4 Å². The van der Waals surface area contributed by atoms with Crippen molar-refractivity contribution in [3.63, 3.8) is 0 Å². The van der Waals surface area contributed by atoms with Crippen LogP contribution in [0.25, 0.3) is 0 Å². The summed E-state index contributed by atoms with van der Waals surface area (Å²) in [6.07, 6.45) is 5.48. The van der Waals surface area contributed by atoms with Gasteiger partial charge in [0.25, 0.3) is 0 Å². The lowest BCUT2D eigenvalue weighted by Crippen LogP contribution is -2.43. The molecule has 10 heteroatoms. The van der Waals surface area contributed by atoms with Gasteiger partial charge in [0, 0.05) is 50.6 Å². The van der Waals surface area contributed by atoms with Crippen LogP contribution < -0.4 is 16.0 Å². The molecule has 32 heavy (non-hydrogen) atoms. The molecule has 1 heterocycles. The van der Waals surface area contributed by atoms with Gasteiger partial charge in [0.1, 0.15) is 0 Å². The molecule has 0 bridgehead atoms.